The maximum Gasteiger partial charge on any atom is 0.338 e. The second kappa shape index (κ2) is 9.82. The Balaban J connectivity index is 1.40. The zero-order chi connectivity index (χ0) is 29.0. The highest BCUT2D eigenvalue weighted by molar-refractivity contribution is 6.97. The number of benzene rings is 5. The number of hydrogen-bond donors (Lipinski definition) is 0. The Hall–Kier alpha value is -5.95. The van der Waals surface area contributed by atoms with Gasteiger partial charge in [-0.15, -0.1) is 0 Å². The third kappa shape index (κ3) is 3.79. The van der Waals surface area contributed by atoms with Crippen LogP contribution < -0.4 is 21.7 Å². The minimum atomic E-state index is -0.263. The molecular formula is C37H23BN4O2. The zero-order valence-corrected chi connectivity index (χ0v) is 23.5. The van der Waals surface area contributed by atoms with E-state index in [9.17, 15) is 0 Å². The van der Waals surface area contributed by atoms with Crippen molar-refractivity contribution in [1.29, 1.82) is 0 Å². The molecule has 0 spiro atoms. The van der Waals surface area contributed by atoms with E-state index in [-0.39, 0.29) is 6.71 Å². The lowest BCUT2D eigenvalue weighted by atomic mass is 9.39. The fourth-order valence-corrected chi connectivity index (χ4v) is 6.23. The van der Waals surface area contributed by atoms with E-state index in [1.807, 2.05) is 103 Å². The van der Waals surface area contributed by atoms with Gasteiger partial charge in [-0.05, 0) is 24.3 Å². The van der Waals surface area contributed by atoms with E-state index in [0.29, 0.717) is 17.6 Å². The summed E-state index contributed by atoms with van der Waals surface area (Å²) in [5, 5.41) is 1.95. The minimum Gasteiger partial charge on any atom is -0.468 e. The smallest absolute Gasteiger partial charge is 0.338 e. The highest BCUT2D eigenvalue weighted by Gasteiger charge is 2.45. The van der Waals surface area contributed by atoms with Crippen molar-refractivity contribution >= 4 is 62.8 Å². The number of nitrogens with zero attached hydrogens (tertiary/aromatic N) is 4. The van der Waals surface area contributed by atoms with Crippen LogP contribution in [0.15, 0.2) is 148 Å². The Kier molecular flexibility index (Phi) is 5.50. The summed E-state index contributed by atoms with van der Waals surface area (Å²) in [5.74, 6) is 1.66. The van der Waals surface area contributed by atoms with Gasteiger partial charge in [-0.1, -0.05) is 121 Å². The lowest BCUT2D eigenvalue weighted by Gasteiger charge is -2.30. The Morgan fingerprint density at radius 1 is 0.455 bits per heavy atom. The van der Waals surface area contributed by atoms with Crippen molar-refractivity contribution < 1.29 is 8.83 Å². The van der Waals surface area contributed by atoms with Crippen molar-refractivity contribution in [1.82, 2.24) is 15.0 Å². The molecule has 0 saturated heterocycles. The molecule has 0 saturated carbocycles. The molecule has 4 heterocycles. The molecule has 1 aliphatic rings. The van der Waals surface area contributed by atoms with Crippen molar-refractivity contribution in [2.75, 3.05) is 4.90 Å². The van der Waals surface area contributed by atoms with Crippen molar-refractivity contribution in [3.05, 3.63) is 140 Å². The van der Waals surface area contributed by atoms with Crippen LogP contribution in [0, 0.1) is 0 Å². The average molecular weight is 566 g/mol. The summed E-state index contributed by atoms with van der Waals surface area (Å²) in [7, 11) is 0. The van der Waals surface area contributed by atoms with Gasteiger partial charge in [-0.2, -0.15) is 9.97 Å². The van der Waals surface area contributed by atoms with E-state index in [2.05, 4.69) is 41.3 Å². The number of furan rings is 2. The molecule has 206 valence electrons. The summed E-state index contributed by atoms with van der Waals surface area (Å²) in [6.45, 7) is -0.263. The number of fused-ring (bicyclic) bond motifs is 6. The van der Waals surface area contributed by atoms with Crippen LogP contribution in [0.2, 0.25) is 0 Å². The molecule has 0 aliphatic carbocycles. The van der Waals surface area contributed by atoms with Crippen molar-refractivity contribution in [2.24, 2.45) is 0 Å². The van der Waals surface area contributed by atoms with Gasteiger partial charge >= 0.3 is 6.71 Å². The molecule has 7 heteroatoms. The lowest BCUT2D eigenvalue weighted by Crippen LogP contribution is -2.56. The molecule has 5 aromatic carbocycles. The molecule has 0 fully saturated rings. The van der Waals surface area contributed by atoms with Gasteiger partial charge in [0.15, 0.2) is 11.6 Å². The second-order valence-electron chi connectivity index (χ2n) is 10.8. The fraction of sp³-hybridized carbons (Fsp3) is 0. The molecule has 0 radical (unpaired) electrons. The zero-order valence-electron chi connectivity index (χ0n) is 23.5. The first-order chi connectivity index (χ1) is 21.8. The molecule has 1 aliphatic heterocycles. The minimum absolute atomic E-state index is 0.263. The Labute approximate surface area is 253 Å². The largest absolute Gasteiger partial charge is 0.468 e. The van der Waals surface area contributed by atoms with Crippen LogP contribution in [0.4, 0.5) is 17.3 Å². The molecular weight excluding hydrogens is 543 g/mol. The summed E-state index contributed by atoms with van der Waals surface area (Å²) < 4.78 is 13.4. The van der Waals surface area contributed by atoms with E-state index in [4.69, 9.17) is 23.8 Å². The molecule has 0 N–H and O–H groups in total. The molecule has 0 unspecified atom stereocenters. The van der Waals surface area contributed by atoms with Gasteiger partial charge in [0.05, 0.1) is 11.4 Å². The maximum absolute atomic E-state index is 6.72. The third-order valence-corrected chi connectivity index (χ3v) is 8.18. The van der Waals surface area contributed by atoms with E-state index in [1.165, 1.54) is 0 Å². The van der Waals surface area contributed by atoms with Crippen LogP contribution in [-0.2, 0) is 0 Å². The summed E-state index contributed by atoms with van der Waals surface area (Å²) in [6.07, 6.45) is 0. The van der Waals surface area contributed by atoms with E-state index in [0.717, 1.165) is 61.2 Å². The average Bonchev–Trinajstić information content (AvgIpc) is 3.67. The molecule has 44 heavy (non-hydrogen) atoms. The molecule has 0 bridgehead atoms. The summed E-state index contributed by atoms with van der Waals surface area (Å²) in [6, 6.07) is 46.7. The highest BCUT2D eigenvalue weighted by atomic mass is 16.4. The van der Waals surface area contributed by atoms with Crippen LogP contribution in [-0.4, -0.2) is 21.7 Å². The molecule has 9 rings (SSSR count). The summed E-state index contributed by atoms with van der Waals surface area (Å²) in [4.78, 5) is 17.3. The molecule has 0 atom stereocenters. The first kappa shape index (κ1) is 24.6. The van der Waals surface area contributed by atoms with E-state index in [1.54, 1.807) is 0 Å². The number of hydrogen-bond acceptors (Lipinski definition) is 6. The summed E-state index contributed by atoms with van der Waals surface area (Å²) in [5.41, 5.74) is 7.84. The predicted molar refractivity (Wildman–Crippen MR) is 176 cm³/mol. The number of rotatable bonds is 4. The van der Waals surface area contributed by atoms with Crippen molar-refractivity contribution in [3.63, 3.8) is 0 Å². The number of para-hydroxylation sites is 2. The van der Waals surface area contributed by atoms with Gasteiger partial charge in [0.1, 0.15) is 22.5 Å². The molecule has 6 nitrogen and oxygen atoms in total. The Morgan fingerprint density at radius 3 is 1.39 bits per heavy atom. The standard InChI is InChI=1S/C37H23BN4O2/c1-4-14-24(15-5-1)35-39-36(25-16-6-2-7-17-25)41-37(40-35)42-31-27-20-10-12-22-29(27)43-33(31)38(26-18-8-3-9-19-26)34-32(42)28-21-11-13-23-30(28)44-34/h1-23H. The Bertz CT molecular complexity index is 2160. The SMILES string of the molecule is c1ccc(B2c3oc4ccccc4c3N(c3nc(-c4ccccc4)nc(-c4ccccc4)n3)c3c2oc2ccccc32)cc1. The van der Waals surface area contributed by atoms with Gasteiger partial charge < -0.3 is 8.83 Å². The predicted octanol–water partition coefficient (Wildman–Crippen LogP) is 7.00. The van der Waals surface area contributed by atoms with Crippen molar-refractivity contribution in [3.8, 4) is 22.8 Å². The molecule has 8 aromatic rings. The normalized spacial score (nSPS) is 12.5. The topological polar surface area (TPSA) is 68.2 Å². The van der Waals surface area contributed by atoms with Crippen LogP contribution >= 0.6 is 0 Å². The maximum atomic E-state index is 6.72. The van der Waals surface area contributed by atoms with E-state index < -0.39 is 0 Å². The number of aromatic nitrogens is 3. The molecule has 3 aromatic heterocycles. The number of anilines is 3. The lowest BCUT2D eigenvalue weighted by molar-refractivity contribution is 0.636. The van der Waals surface area contributed by atoms with Gasteiger partial charge in [0, 0.05) is 21.9 Å². The quantitative estimate of drug-likeness (QED) is 0.214. The third-order valence-electron chi connectivity index (χ3n) is 8.18. The monoisotopic (exact) mass is 566 g/mol. The van der Waals surface area contributed by atoms with Crippen LogP contribution in [0.1, 0.15) is 0 Å². The summed E-state index contributed by atoms with van der Waals surface area (Å²) >= 11 is 0. The van der Waals surface area contributed by atoms with Gasteiger partial charge in [-0.25, -0.2) is 4.98 Å². The first-order valence-corrected chi connectivity index (χ1v) is 14.6. The van der Waals surface area contributed by atoms with Crippen LogP contribution in [0.3, 0.4) is 0 Å². The van der Waals surface area contributed by atoms with Crippen molar-refractivity contribution in [2.45, 2.75) is 0 Å². The van der Waals surface area contributed by atoms with Gasteiger partial charge in [-0.3, -0.25) is 4.90 Å². The first-order valence-electron chi connectivity index (χ1n) is 14.6. The van der Waals surface area contributed by atoms with Gasteiger partial charge in [0.2, 0.25) is 5.95 Å². The fourth-order valence-electron chi connectivity index (χ4n) is 6.23. The second-order valence-corrected chi connectivity index (χ2v) is 10.8. The van der Waals surface area contributed by atoms with Crippen LogP contribution in [0.25, 0.3) is 44.7 Å². The van der Waals surface area contributed by atoms with Crippen LogP contribution in [0.5, 0.6) is 0 Å². The highest BCUT2D eigenvalue weighted by Crippen LogP contribution is 2.44. The van der Waals surface area contributed by atoms with E-state index >= 15 is 0 Å². The Morgan fingerprint density at radius 2 is 0.886 bits per heavy atom. The van der Waals surface area contributed by atoms with Gasteiger partial charge in [0.25, 0.3) is 0 Å². The molecule has 0 amide bonds.